The predicted molar refractivity (Wildman–Crippen MR) is 69.4 cm³/mol. The third-order valence-electron chi connectivity index (χ3n) is 2.70. The molecule has 2 N–H and O–H groups in total. The minimum atomic E-state index is 0.764. The number of pyridine rings is 2. The summed E-state index contributed by atoms with van der Waals surface area (Å²) in [7, 11) is 0. The first kappa shape index (κ1) is 9.78. The van der Waals surface area contributed by atoms with Gasteiger partial charge in [-0.1, -0.05) is 12.1 Å². The second kappa shape index (κ2) is 3.87. The highest BCUT2D eigenvalue weighted by atomic mass is 14.7. The number of anilines is 1. The molecule has 0 aliphatic rings. The Balaban J connectivity index is 2.14. The average Bonchev–Trinajstić information content (AvgIpc) is 2.39. The van der Waals surface area contributed by atoms with Crippen molar-refractivity contribution in [1.29, 1.82) is 0 Å². The second-order valence-corrected chi connectivity index (χ2v) is 3.89. The van der Waals surface area contributed by atoms with Gasteiger partial charge < -0.3 is 5.73 Å². The molecule has 2 heterocycles. The highest BCUT2D eigenvalue weighted by Gasteiger charge is 2.00. The van der Waals surface area contributed by atoms with Gasteiger partial charge in [-0.2, -0.15) is 0 Å². The maximum atomic E-state index is 5.67. The van der Waals surface area contributed by atoms with Crippen molar-refractivity contribution in [2.75, 3.05) is 5.73 Å². The van der Waals surface area contributed by atoms with Gasteiger partial charge in [-0.15, -0.1) is 0 Å². The molecule has 3 rings (SSSR count). The van der Waals surface area contributed by atoms with E-state index >= 15 is 0 Å². The molecule has 0 atom stereocenters. The Labute approximate surface area is 98.9 Å². The average molecular weight is 221 g/mol. The van der Waals surface area contributed by atoms with Crippen molar-refractivity contribution in [2.24, 2.45) is 0 Å². The summed E-state index contributed by atoms with van der Waals surface area (Å²) in [6, 6.07) is 13.6. The minimum Gasteiger partial charge on any atom is -0.399 e. The Morgan fingerprint density at radius 3 is 2.47 bits per heavy atom. The predicted octanol–water partition coefficient (Wildman–Crippen LogP) is 2.88. The number of hydrogen-bond donors (Lipinski definition) is 1. The number of fused-ring (bicyclic) bond motifs is 1. The SMILES string of the molecule is Nc1ccc(-c2cnc3cccnc3c2)cc1. The van der Waals surface area contributed by atoms with E-state index < -0.39 is 0 Å². The summed E-state index contributed by atoms with van der Waals surface area (Å²) in [4.78, 5) is 8.68. The zero-order valence-corrected chi connectivity index (χ0v) is 9.17. The molecule has 3 nitrogen and oxygen atoms in total. The fraction of sp³-hybridized carbons (Fsp3) is 0. The zero-order chi connectivity index (χ0) is 11.7. The van der Waals surface area contributed by atoms with E-state index in [0.717, 1.165) is 27.8 Å². The molecule has 17 heavy (non-hydrogen) atoms. The van der Waals surface area contributed by atoms with Crippen LogP contribution in [-0.4, -0.2) is 9.97 Å². The third kappa shape index (κ3) is 1.83. The maximum Gasteiger partial charge on any atom is 0.0892 e. The summed E-state index contributed by atoms with van der Waals surface area (Å²) < 4.78 is 0. The van der Waals surface area contributed by atoms with E-state index in [1.165, 1.54) is 0 Å². The number of nitrogen functional groups attached to an aromatic ring is 1. The van der Waals surface area contributed by atoms with Gasteiger partial charge in [0.2, 0.25) is 0 Å². The van der Waals surface area contributed by atoms with E-state index in [4.69, 9.17) is 5.73 Å². The van der Waals surface area contributed by atoms with Crippen molar-refractivity contribution in [2.45, 2.75) is 0 Å². The zero-order valence-electron chi connectivity index (χ0n) is 9.17. The molecule has 0 radical (unpaired) electrons. The van der Waals surface area contributed by atoms with Crippen molar-refractivity contribution in [3.63, 3.8) is 0 Å². The number of rotatable bonds is 1. The van der Waals surface area contributed by atoms with Crippen molar-refractivity contribution < 1.29 is 0 Å². The molecule has 0 fully saturated rings. The van der Waals surface area contributed by atoms with Crippen LogP contribution in [0.3, 0.4) is 0 Å². The lowest BCUT2D eigenvalue weighted by Gasteiger charge is -2.03. The molecule has 0 saturated carbocycles. The first-order valence-electron chi connectivity index (χ1n) is 5.40. The molecule has 2 aromatic heterocycles. The van der Waals surface area contributed by atoms with Gasteiger partial charge in [0, 0.05) is 23.6 Å². The van der Waals surface area contributed by atoms with Gasteiger partial charge in [0.15, 0.2) is 0 Å². The van der Waals surface area contributed by atoms with Gasteiger partial charge >= 0.3 is 0 Å². The molecule has 82 valence electrons. The summed E-state index contributed by atoms with van der Waals surface area (Å²) in [5.74, 6) is 0. The quantitative estimate of drug-likeness (QED) is 0.643. The van der Waals surface area contributed by atoms with Crippen molar-refractivity contribution >= 4 is 16.7 Å². The fourth-order valence-corrected chi connectivity index (χ4v) is 1.79. The summed E-state index contributed by atoms with van der Waals surface area (Å²) in [5, 5.41) is 0. The second-order valence-electron chi connectivity index (χ2n) is 3.89. The van der Waals surface area contributed by atoms with Crippen LogP contribution in [0.15, 0.2) is 54.9 Å². The Hall–Kier alpha value is -2.42. The number of nitrogens with two attached hydrogens (primary N) is 1. The summed E-state index contributed by atoms with van der Waals surface area (Å²) in [6.45, 7) is 0. The van der Waals surface area contributed by atoms with Crippen molar-refractivity contribution in [3.05, 3.63) is 54.9 Å². The van der Waals surface area contributed by atoms with Crippen molar-refractivity contribution in [1.82, 2.24) is 9.97 Å². The van der Waals surface area contributed by atoms with E-state index in [9.17, 15) is 0 Å². The summed E-state index contributed by atoms with van der Waals surface area (Å²) in [6.07, 6.45) is 3.63. The third-order valence-corrected chi connectivity index (χ3v) is 2.70. The Morgan fingerprint density at radius 2 is 1.65 bits per heavy atom. The fourth-order valence-electron chi connectivity index (χ4n) is 1.79. The molecule has 0 amide bonds. The topological polar surface area (TPSA) is 51.8 Å². The molecule has 0 aliphatic heterocycles. The molecule has 0 spiro atoms. The van der Waals surface area contributed by atoms with E-state index in [1.54, 1.807) is 6.20 Å². The van der Waals surface area contributed by atoms with Crippen LogP contribution in [0.25, 0.3) is 22.2 Å². The lowest BCUT2D eigenvalue weighted by Crippen LogP contribution is -1.86. The molecule has 0 aliphatic carbocycles. The standard InChI is InChI=1S/C14H11N3/c15-12-5-3-10(4-6-12)11-8-14-13(17-9-11)2-1-7-16-14/h1-9H,15H2. The number of hydrogen-bond acceptors (Lipinski definition) is 3. The van der Waals surface area contributed by atoms with Crippen LogP contribution < -0.4 is 5.73 Å². The molecule has 0 bridgehead atoms. The Morgan fingerprint density at radius 1 is 0.824 bits per heavy atom. The number of nitrogens with zero attached hydrogens (tertiary/aromatic N) is 2. The molecule has 3 heteroatoms. The van der Waals surface area contributed by atoms with Crippen LogP contribution in [-0.2, 0) is 0 Å². The van der Waals surface area contributed by atoms with Crippen LogP contribution in [0, 0.1) is 0 Å². The van der Waals surface area contributed by atoms with Gasteiger partial charge in [-0.25, -0.2) is 0 Å². The van der Waals surface area contributed by atoms with Crippen LogP contribution in [0.2, 0.25) is 0 Å². The summed E-state index contributed by atoms with van der Waals surface area (Å²) >= 11 is 0. The molecular weight excluding hydrogens is 210 g/mol. The van der Waals surface area contributed by atoms with E-state index in [1.807, 2.05) is 48.7 Å². The molecule has 0 unspecified atom stereocenters. The number of aromatic nitrogens is 2. The Bertz CT molecular complexity index is 660. The van der Waals surface area contributed by atoms with Crippen LogP contribution >= 0.6 is 0 Å². The highest BCUT2D eigenvalue weighted by molar-refractivity contribution is 5.80. The molecule has 0 saturated heterocycles. The van der Waals surface area contributed by atoms with E-state index in [0.29, 0.717) is 0 Å². The normalized spacial score (nSPS) is 10.6. The molecule has 3 aromatic rings. The summed E-state index contributed by atoms with van der Waals surface area (Å²) in [5.41, 5.74) is 10.4. The molecule has 1 aromatic carbocycles. The van der Waals surface area contributed by atoms with Crippen LogP contribution in [0.4, 0.5) is 5.69 Å². The van der Waals surface area contributed by atoms with Gasteiger partial charge in [-0.05, 0) is 35.9 Å². The monoisotopic (exact) mass is 221 g/mol. The number of benzene rings is 1. The highest BCUT2D eigenvalue weighted by Crippen LogP contribution is 2.22. The van der Waals surface area contributed by atoms with Gasteiger partial charge in [-0.3, -0.25) is 9.97 Å². The van der Waals surface area contributed by atoms with Gasteiger partial charge in [0.1, 0.15) is 0 Å². The van der Waals surface area contributed by atoms with Crippen LogP contribution in [0.5, 0.6) is 0 Å². The van der Waals surface area contributed by atoms with Gasteiger partial charge in [0.25, 0.3) is 0 Å². The largest absolute Gasteiger partial charge is 0.399 e. The van der Waals surface area contributed by atoms with Crippen molar-refractivity contribution in [3.8, 4) is 11.1 Å². The van der Waals surface area contributed by atoms with E-state index in [-0.39, 0.29) is 0 Å². The smallest absolute Gasteiger partial charge is 0.0892 e. The van der Waals surface area contributed by atoms with Gasteiger partial charge in [0.05, 0.1) is 11.0 Å². The van der Waals surface area contributed by atoms with Crippen LogP contribution in [0.1, 0.15) is 0 Å². The minimum absolute atomic E-state index is 0.764. The lowest BCUT2D eigenvalue weighted by atomic mass is 10.1. The van der Waals surface area contributed by atoms with E-state index in [2.05, 4.69) is 9.97 Å². The first-order chi connectivity index (χ1) is 8.33. The first-order valence-corrected chi connectivity index (χ1v) is 5.40. The Kier molecular flexibility index (Phi) is 2.22. The lowest BCUT2D eigenvalue weighted by molar-refractivity contribution is 1.34. The molecular formula is C14H11N3. The maximum absolute atomic E-state index is 5.67.